The van der Waals surface area contributed by atoms with Crippen LogP contribution >= 0.6 is 0 Å². The molecule has 5 rings (SSSR count). The van der Waals surface area contributed by atoms with Crippen molar-refractivity contribution in [1.82, 2.24) is 20.4 Å². The number of amides is 2. The van der Waals surface area contributed by atoms with E-state index in [0.717, 1.165) is 28.6 Å². The molecule has 0 bridgehead atoms. The van der Waals surface area contributed by atoms with Gasteiger partial charge in [-0.15, -0.1) is 0 Å². The number of benzene rings is 2. The molecule has 1 saturated heterocycles. The zero-order chi connectivity index (χ0) is 23.7. The molecule has 2 N–H and O–H groups in total. The first-order valence-corrected chi connectivity index (χ1v) is 12.0. The minimum Gasteiger partial charge on any atom is -0.487 e. The van der Waals surface area contributed by atoms with Crippen molar-refractivity contribution >= 4 is 22.9 Å². The van der Waals surface area contributed by atoms with Crippen LogP contribution in [0.25, 0.3) is 10.9 Å². The number of nitrogens with one attached hydrogen (secondary N) is 2. The predicted molar refractivity (Wildman–Crippen MR) is 128 cm³/mol. The number of rotatable bonds is 4. The van der Waals surface area contributed by atoms with Crippen molar-refractivity contribution in [2.24, 2.45) is 0 Å². The predicted octanol–water partition coefficient (Wildman–Crippen LogP) is 4.37. The highest BCUT2D eigenvalue weighted by Gasteiger charge is 2.44. The Morgan fingerprint density at radius 3 is 2.82 bits per heavy atom. The summed E-state index contributed by atoms with van der Waals surface area (Å²) in [5, 5.41) is 11.2. The molecule has 34 heavy (non-hydrogen) atoms. The summed E-state index contributed by atoms with van der Waals surface area (Å²) in [6, 6.07) is 11.6. The molecule has 0 unspecified atom stereocenters. The molecule has 1 fully saturated rings. The molecule has 2 aliphatic heterocycles. The number of carbonyl (C=O) groups is 2. The quantitative estimate of drug-likeness (QED) is 0.600. The van der Waals surface area contributed by atoms with Gasteiger partial charge >= 0.3 is 6.09 Å². The summed E-state index contributed by atoms with van der Waals surface area (Å²) >= 11 is 0. The third-order valence-electron chi connectivity index (χ3n) is 6.99. The normalized spacial score (nSPS) is 18.9. The topological polar surface area (TPSA) is 96.5 Å². The molecule has 0 aliphatic carbocycles. The first-order valence-electron chi connectivity index (χ1n) is 12.0. The third-order valence-corrected chi connectivity index (χ3v) is 6.99. The Morgan fingerprint density at radius 1 is 1.24 bits per heavy atom. The van der Waals surface area contributed by atoms with E-state index < -0.39 is 5.60 Å². The molecule has 2 aromatic carbocycles. The van der Waals surface area contributed by atoms with Crippen LogP contribution in [0.15, 0.2) is 42.6 Å². The Morgan fingerprint density at radius 2 is 2.06 bits per heavy atom. The Bertz CT molecular complexity index is 1210. The largest absolute Gasteiger partial charge is 0.487 e. The molecule has 1 aromatic heterocycles. The van der Waals surface area contributed by atoms with Gasteiger partial charge in [-0.25, -0.2) is 4.79 Å². The average Bonchev–Trinajstić information content (AvgIpc) is 3.33. The highest BCUT2D eigenvalue weighted by Crippen LogP contribution is 2.45. The minimum atomic E-state index is -0.443. The number of hydrogen-bond donors (Lipinski definition) is 2. The molecule has 0 radical (unpaired) electrons. The second kappa shape index (κ2) is 9.00. The van der Waals surface area contributed by atoms with E-state index >= 15 is 0 Å². The Labute approximate surface area is 198 Å². The molecular weight excluding hydrogens is 432 g/mol. The maximum absolute atomic E-state index is 13.4. The molecule has 0 saturated carbocycles. The van der Waals surface area contributed by atoms with Crippen LogP contribution in [-0.2, 0) is 11.2 Å². The van der Waals surface area contributed by atoms with Crippen LogP contribution in [0, 0.1) is 0 Å². The lowest BCUT2D eigenvalue weighted by molar-refractivity contribution is -0.0233. The van der Waals surface area contributed by atoms with Gasteiger partial charge in [0.2, 0.25) is 0 Å². The number of carbonyl (C=O) groups excluding carboxylic acids is 2. The Kier molecular flexibility index (Phi) is 5.89. The third kappa shape index (κ3) is 4.08. The summed E-state index contributed by atoms with van der Waals surface area (Å²) in [4.78, 5) is 27.3. The first kappa shape index (κ1) is 22.3. The second-order valence-corrected chi connectivity index (χ2v) is 9.07. The summed E-state index contributed by atoms with van der Waals surface area (Å²) in [7, 11) is 0. The summed E-state index contributed by atoms with van der Waals surface area (Å²) in [6.07, 6.45) is 4.36. The van der Waals surface area contributed by atoms with Gasteiger partial charge in [0, 0.05) is 43.3 Å². The van der Waals surface area contributed by atoms with Crippen LogP contribution in [0.4, 0.5) is 4.79 Å². The number of likely N-dealkylation sites (tertiary alicyclic amines) is 1. The smallest absolute Gasteiger partial charge is 0.409 e. The monoisotopic (exact) mass is 462 g/mol. The lowest BCUT2D eigenvalue weighted by Gasteiger charge is -2.46. The first-order chi connectivity index (χ1) is 16.5. The van der Waals surface area contributed by atoms with E-state index in [0.29, 0.717) is 44.5 Å². The van der Waals surface area contributed by atoms with Crippen molar-refractivity contribution in [3.05, 3.63) is 59.3 Å². The maximum atomic E-state index is 13.4. The molecule has 3 aromatic rings. The lowest BCUT2D eigenvalue weighted by atomic mass is 9.80. The zero-order valence-corrected chi connectivity index (χ0v) is 19.6. The van der Waals surface area contributed by atoms with Gasteiger partial charge in [0.15, 0.2) is 0 Å². The van der Waals surface area contributed by atoms with Gasteiger partial charge in [0.05, 0.1) is 29.9 Å². The van der Waals surface area contributed by atoms with Gasteiger partial charge in [-0.2, -0.15) is 5.10 Å². The number of nitrogens with zero attached hydrogens (tertiary/aromatic N) is 2. The van der Waals surface area contributed by atoms with Crippen LogP contribution in [0.5, 0.6) is 5.75 Å². The highest BCUT2D eigenvalue weighted by atomic mass is 16.6. The van der Waals surface area contributed by atoms with Crippen LogP contribution < -0.4 is 10.1 Å². The number of fused-ring (bicyclic) bond motifs is 2. The number of H-pyrrole nitrogens is 1. The fourth-order valence-electron chi connectivity index (χ4n) is 5.08. The number of aromatic nitrogens is 2. The minimum absolute atomic E-state index is 0.145. The van der Waals surface area contributed by atoms with Gasteiger partial charge in [-0.3, -0.25) is 9.89 Å². The van der Waals surface area contributed by atoms with E-state index in [4.69, 9.17) is 9.47 Å². The van der Waals surface area contributed by atoms with Gasteiger partial charge in [-0.05, 0) is 31.0 Å². The molecule has 1 atom stereocenters. The summed E-state index contributed by atoms with van der Waals surface area (Å²) in [5.41, 5.74) is 3.06. The zero-order valence-electron chi connectivity index (χ0n) is 19.6. The van der Waals surface area contributed by atoms with Crippen molar-refractivity contribution in [2.45, 2.75) is 51.2 Å². The number of hydrogen-bond acceptors (Lipinski definition) is 5. The van der Waals surface area contributed by atoms with E-state index in [2.05, 4.69) is 34.6 Å². The number of aryl methyl sites for hydroxylation is 1. The molecule has 8 nitrogen and oxygen atoms in total. The van der Waals surface area contributed by atoms with E-state index in [1.165, 1.54) is 5.56 Å². The summed E-state index contributed by atoms with van der Waals surface area (Å²) in [5.74, 6) is 0.659. The van der Waals surface area contributed by atoms with E-state index in [1.807, 2.05) is 31.2 Å². The van der Waals surface area contributed by atoms with Crippen LogP contribution in [0.3, 0.4) is 0 Å². The average molecular weight is 463 g/mol. The van der Waals surface area contributed by atoms with E-state index in [1.54, 1.807) is 11.1 Å². The highest BCUT2D eigenvalue weighted by molar-refractivity contribution is 6.05. The van der Waals surface area contributed by atoms with Gasteiger partial charge in [-0.1, -0.05) is 31.2 Å². The van der Waals surface area contributed by atoms with Gasteiger partial charge in [0.1, 0.15) is 11.4 Å². The van der Waals surface area contributed by atoms with E-state index in [-0.39, 0.29) is 18.0 Å². The van der Waals surface area contributed by atoms with Crippen molar-refractivity contribution in [3.8, 4) is 5.75 Å². The van der Waals surface area contributed by atoms with E-state index in [9.17, 15) is 9.59 Å². The second-order valence-electron chi connectivity index (χ2n) is 9.07. The molecular formula is C26H30N4O4. The number of aromatic amines is 1. The van der Waals surface area contributed by atoms with Crippen molar-refractivity contribution in [2.75, 3.05) is 19.7 Å². The molecule has 2 amide bonds. The molecule has 178 valence electrons. The van der Waals surface area contributed by atoms with Crippen molar-refractivity contribution < 1.29 is 19.1 Å². The van der Waals surface area contributed by atoms with Crippen LogP contribution in [-0.4, -0.2) is 52.4 Å². The fraction of sp³-hybridized carbons (Fsp3) is 0.423. The SMILES string of the molecule is CCOC(=O)N1CCC2(CC1)C[C@H](NC(=O)c1cccc3cn[nH]c13)c1cc(CC)ccc1O2. The fourth-order valence-corrected chi connectivity index (χ4v) is 5.08. The number of piperidine rings is 1. The summed E-state index contributed by atoms with van der Waals surface area (Å²) < 4.78 is 11.7. The molecule has 3 heterocycles. The number of ether oxygens (including phenoxy) is 2. The molecule has 2 aliphatic rings. The standard InChI is InChI=1S/C26H30N4O4/c1-3-17-8-9-22-20(14-17)21(28-24(31)19-7-5-6-18-16-27-29-23(18)19)15-26(34-22)10-12-30(13-11-26)25(32)33-4-2/h5-9,14,16,21H,3-4,10-13,15H2,1-2H3,(H,27,29)(H,28,31)/t21-/m0/s1. The Balaban J connectivity index is 1.42. The van der Waals surface area contributed by atoms with Crippen molar-refractivity contribution in [3.63, 3.8) is 0 Å². The Hall–Kier alpha value is -3.55. The number of para-hydroxylation sites is 1. The molecule has 1 spiro atoms. The van der Waals surface area contributed by atoms with Crippen LogP contribution in [0.1, 0.15) is 60.6 Å². The van der Waals surface area contributed by atoms with Gasteiger partial charge in [0.25, 0.3) is 5.91 Å². The summed E-state index contributed by atoms with van der Waals surface area (Å²) in [6.45, 7) is 5.42. The van der Waals surface area contributed by atoms with Crippen molar-refractivity contribution in [1.29, 1.82) is 0 Å². The van der Waals surface area contributed by atoms with Crippen LogP contribution in [0.2, 0.25) is 0 Å². The van der Waals surface area contributed by atoms with Gasteiger partial charge < -0.3 is 19.7 Å². The maximum Gasteiger partial charge on any atom is 0.409 e. The molecule has 8 heteroatoms. The lowest BCUT2D eigenvalue weighted by Crippen LogP contribution is -2.53.